The number of carbonyl (C=O) groups is 1. The number of benzene rings is 1. The van der Waals surface area contributed by atoms with Crippen molar-refractivity contribution >= 4 is 30.1 Å². The topological polar surface area (TPSA) is 81.2 Å². The molecule has 0 saturated carbocycles. The van der Waals surface area contributed by atoms with Crippen LogP contribution in [0, 0.1) is 13.8 Å². The van der Waals surface area contributed by atoms with Crippen LogP contribution < -0.4 is 11.1 Å². The van der Waals surface area contributed by atoms with Gasteiger partial charge in [-0.05, 0) is 32.9 Å². The van der Waals surface area contributed by atoms with Gasteiger partial charge in [-0.15, -0.1) is 24.2 Å². The van der Waals surface area contributed by atoms with E-state index in [0.717, 1.165) is 27.7 Å². The van der Waals surface area contributed by atoms with Crippen LogP contribution in [0.3, 0.4) is 0 Å². The molecule has 3 N–H and O–H groups in total. The van der Waals surface area contributed by atoms with Crippen LogP contribution in [0.5, 0.6) is 0 Å². The molecule has 0 bridgehead atoms. The molecule has 0 spiro atoms. The predicted molar refractivity (Wildman–Crippen MR) is 95.2 cm³/mol. The highest BCUT2D eigenvalue weighted by Gasteiger charge is 2.15. The fourth-order valence-corrected chi connectivity index (χ4v) is 3.20. The summed E-state index contributed by atoms with van der Waals surface area (Å²) in [7, 11) is 0. The summed E-state index contributed by atoms with van der Waals surface area (Å²) in [6.07, 6.45) is 0. The zero-order valence-electron chi connectivity index (χ0n) is 13.5. The van der Waals surface area contributed by atoms with Crippen LogP contribution in [0.2, 0.25) is 0 Å². The number of nitrogens with zero attached hydrogens (tertiary/aromatic N) is 1. The summed E-state index contributed by atoms with van der Waals surface area (Å²) in [4.78, 5) is 13.3. The van der Waals surface area contributed by atoms with Gasteiger partial charge in [-0.25, -0.2) is 0 Å². The zero-order valence-corrected chi connectivity index (χ0v) is 15.1. The van der Waals surface area contributed by atoms with Gasteiger partial charge in [0, 0.05) is 28.8 Å². The number of rotatable bonds is 6. The predicted octanol–water partition coefficient (Wildman–Crippen LogP) is 3.08. The summed E-state index contributed by atoms with van der Waals surface area (Å²) in [6.45, 7) is 6.13. The van der Waals surface area contributed by atoms with Gasteiger partial charge in [-0.2, -0.15) is 0 Å². The first kappa shape index (κ1) is 19.5. The van der Waals surface area contributed by atoms with Crippen molar-refractivity contribution in [3.05, 3.63) is 46.8 Å². The van der Waals surface area contributed by atoms with E-state index in [1.54, 1.807) is 11.8 Å². The number of nitrogens with two attached hydrogens (primary N) is 1. The lowest BCUT2D eigenvalue weighted by molar-refractivity contribution is 0.0938. The molecule has 1 aromatic carbocycles. The van der Waals surface area contributed by atoms with Crippen LogP contribution in [0.4, 0.5) is 0 Å². The molecule has 1 heterocycles. The first-order valence-corrected chi connectivity index (χ1v) is 8.16. The van der Waals surface area contributed by atoms with Gasteiger partial charge in [0.15, 0.2) is 0 Å². The normalized spacial score (nSPS) is 11.7. The monoisotopic (exact) mass is 355 g/mol. The van der Waals surface area contributed by atoms with E-state index in [0.29, 0.717) is 12.1 Å². The molecular weight excluding hydrogens is 334 g/mol. The number of halogens is 1. The third kappa shape index (κ3) is 4.99. The van der Waals surface area contributed by atoms with E-state index >= 15 is 0 Å². The Hall–Kier alpha value is -1.50. The van der Waals surface area contributed by atoms with Crippen molar-refractivity contribution in [3.63, 3.8) is 0 Å². The summed E-state index contributed by atoms with van der Waals surface area (Å²) >= 11 is 1.60. The number of nitrogens with one attached hydrogen (secondary N) is 1. The van der Waals surface area contributed by atoms with Gasteiger partial charge in [0.1, 0.15) is 5.76 Å². The van der Waals surface area contributed by atoms with Crippen molar-refractivity contribution in [2.45, 2.75) is 37.5 Å². The SMILES string of the molecule is Cc1noc(C)c1CSc1ccccc1C(=O)N[C@@H](C)CN.Cl. The van der Waals surface area contributed by atoms with Crippen molar-refractivity contribution in [2.75, 3.05) is 6.54 Å². The van der Waals surface area contributed by atoms with E-state index in [9.17, 15) is 4.79 Å². The number of thioether (sulfide) groups is 1. The molecule has 0 unspecified atom stereocenters. The molecule has 1 aromatic heterocycles. The van der Waals surface area contributed by atoms with Gasteiger partial charge >= 0.3 is 0 Å². The van der Waals surface area contributed by atoms with Crippen molar-refractivity contribution < 1.29 is 9.32 Å². The molecule has 2 aromatic rings. The molecule has 2 rings (SSSR count). The molecule has 0 fully saturated rings. The van der Waals surface area contributed by atoms with Gasteiger partial charge in [0.05, 0.1) is 11.3 Å². The smallest absolute Gasteiger partial charge is 0.252 e. The number of carbonyl (C=O) groups excluding carboxylic acids is 1. The van der Waals surface area contributed by atoms with Crippen molar-refractivity contribution in [1.82, 2.24) is 10.5 Å². The molecule has 5 nitrogen and oxygen atoms in total. The van der Waals surface area contributed by atoms with Crippen LogP contribution in [-0.2, 0) is 5.75 Å². The summed E-state index contributed by atoms with van der Waals surface area (Å²) < 4.78 is 5.17. The van der Waals surface area contributed by atoms with E-state index < -0.39 is 0 Å². The molecule has 7 heteroatoms. The number of hydrogen-bond acceptors (Lipinski definition) is 5. The Bertz CT molecular complexity index is 641. The molecule has 0 aliphatic rings. The minimum absolute atomic E-state index is 0. The second-order valence-electron chi connectivity index (χ2n) is 5.20. The Morgan fingerprint density at radius 3 is 2.70 bits per heavy atom. The van der Waals surface area contributed by atoms with E-state index in [-0.39, 0.29) is 24.4 Å². The lowest BCUT2D eigenvalue weighted by Crippen LogP contribution is -2.37. The van der Waals surface area contributed by atoms with E-state index in [4.69, 9.17) is 10.3 Å². The highest BCUT2D eigenvalue weighted by molar-refractivity contribution is 7.98. The molecular formula is C16H22ClN3O2S. The Morgan fingerprint density at radius 1 is 1.39 bits per heavy atom. The summed E-state index contributed by atoms with van der Waals surface area (Å²) in [5.74, 6) is 1.45. The lowest BCUT2D eigenvalue weighted by Gasteiger charge is -2.13. The Kier molecular flexibility index (Phi) is 7.61. The molecule has 1 amide bonds. The van der Waals surface area contributed by atoms with Gasteiger partial charge in [-0.3, -0.25) is 4.79 Å². The summed E-state index contributed by atoms with van der Waals surface area (Å²) in [5, 5.41) is 6.85. The van der Waals surface area contributed by atoms with Gasteiger partial charge < -0.3 is 15.6 Å². The summed E-state index contributed by atoms with van der Waals surface area (Å²) in [6, 6.07) is 7.52. The maximum absolute atomic E-state index is 12.3. The summed E-state index contributed by atoms with van der Waals surface area (Å²) in [5.41, 5.74) is 8.19. The van der Waals surface area contributed by atoms with Gasteiger partial charge in [0.25, 0.3) is 5.91 Å². The lowest BCUT2D eigenvalue weighted by atomic mass is 10.2. The van der Waals surface area contributed by atoms with Crippen molar-refractivity contribution in [1.29, 1.82) is 0 Å². The quantitative estimate of drug-likeness (QED) is 0.778. The van der Waals surface area contributed by atoms with E-state index in [2.05, 4.69) is 10.5 Å². The van der Waals surface area contributed by atoms with Crippen LogP contribution in [0.15, 0.2) is 33.7 Å². The van der Waals surface area contributed by atoms with Crippen LogP contribution in [0.1, 0.15) is 34.3 Å². The Balaban J connectivity index is 0.00000264. The van der Waals surface area contributed by atoms with Crippen LogP contribution >= 0.6 is 24.2 Å². The molecule has 0 aliphatic carbocycles. The third-order valence-corrected chi connectivity index (χ3v) is 4.52. The van der Waals surface area contributed by atoms with Gasteiger partial charge in [0.2, 0.25) is 0 Å². The maximum Gasteiger partial charge on any atom is 0.252 e. The minimum atomic E-state index is -0.0974. The number of hydrogen-bond donors (Lipinski definition) is 2. The van der Waals surface area contributed by atoms with Crippen LogP contribution in [-0.4, -0.2) is 23.7 Å². The van der Waals surface area contributed by atoms with Crippen LogP contribution in [0.25, 0.3) is 0 Å². The highest BCUT2D eigenvalue weighted by atomic mass is 35.5. The number of amides is 1. The second kappa shape index (κ2) is 8.96. The first-order chi connectivity index (χ1) is 10.5. The second-order valence-corrected chi connectivity index (χ2v) is 6.21. The first-order valence-electron chi connectivity index (χ1n) is 7.17. The highest BCUT2D eigenvalue weighted by Crippen LogP contribution is 2.28. The fraction of sp³-hybridized carbons (Fsp3) is 0.375. The molecule has 23 heavy (non-hydrogen) atoms. The van der Waals surface area contributed by atoms with Crippen molar-refractivity contribution in [3.8, 4) is 0 Å². The fourth-order valence-electron chi connectivity index (χ4n) is 2.00. The van der Waals surface area contributed by atoms with E-state index in [1.165, 1.54) is 0 Å². The average molecular weight is 356 g/mol. The number of aromatic nitrogens is 1. The Labute approximate surface area is 146 Å². The molecule has 0 saturated heterocycles. The largest absolute Gasteiger partial charge is 0.361 e. The third-order valence-electron chi connectivity index (χ3n) is 3.42. The van der Waals surface area contributed by atoms with Crippen molar-refractivity contribution in [2.24, 2.45) is 5.73 Å². The number of aryl methyl sites for hydroxylation is 2. The average Bonchev–Trinajstić information content (AvgIpc) is 2.84. The molecule has 1 atom stereocenters. The maximum atomic E-state index is 12.3. The molecule has 0 aliphatic heterocycles. The standard InChI is InChI=1S/C16H21N3O2S.ClH/c1-10(8-17)18-16(20)13-6-4-5-7-15(13)22-9-14-11(2)19-21-12(14)3;/h4-7,10H,8-9,17H2,1-3H3,(H,18,20);1H/t10-;/m0./s1. The zero-order chi connectivity index (χ0) is 16.1. The molecule has 0 radical (unpaired) electrons. The molecule has 126 valence electrons. The van der Waals surface area contributed by atoms with Gasteiger partial charge in [-0.1, -0.05) is 17.3 Å². The minimum Gasteiger partial charge on any atom is -0.361 e. The van der Waals surface area contributed by atoms with E-state index in [1.807, 2.05) is 45.0 Å². The Morgan fingerprint density at radius 2 is 2.09 bits per heavy atom.